The van der Waals surface area contributed by atoms with Crippen LogP contribution in [0, 0.1) is 17.2 Å². The van der Waals surface area contributed by atoms with E-state index in [9.17, 15) is 19.5 Å². The maximum atomic E-state index is 13.0. The van der Waals surface area contributed by atoms with Crippen molar-refractivity contribution < 1.29 is 19.5 Å². The van der Waals surface area contributed by atoms with Crippen LogP contribution in [0.4, 0.5) is 5.69 Å². The number of likely N-dealkylation sites (tertiary alicyclic amines) is 1. The normalized spacial score (nSPS) is 20.8. The standard InChI is InChI=1S/C29H37N5O4/c30-27(31)21-10-11-25-20(15-21)8-9-22(18-33-25)28(37)32-13-12-24-16-23(17-26(35)36)29(38)34(24)14-4-7-19-5-2-1-3-6-19/h1-3,5-6,10-11,15,22-24,33H,4,7-9,12-14,16-18H2,(H3,30,31)(H,32,37)(H,35,36)/t22?,23-,24+/m0/s1. The quantitative estimate of drug-likeness (QED) is 0.228. The first-order valence-electron chi connectivity index (χ1n) is 13.4. The fourth-order valence-corrected chi connectivity index (χ4v) is 5.55. The summed E-state index contributed by atoms with van der Waals surface area (Å²) >= 11 is 0. The number of nitrogen functional groups attached to an aromatic ring is 1. The number of amidine groups is 1. The van der Waals surface area contributed by atoms with E-state index in [4.69, 9.17) is 11.1 Å². The number of nitrogens with zero attached hydrogens (tertiary/aromatic N) is 1. The highest BCUT2D eigenvalue weighted by molar-refractivity contribution is 5.95. The molecule has 0 bridgehead atoms. The Hall–Kier alpha value is -3.88. The van der Waals surface area contributed by atoms with Gasteiger partial charge in [0.1, 0.15) is 5.84 Å². The molecule has 2 heterocycles. The van der Waals surface area contributed by atoms with Gasteiger partial charge in [-0.3, -0.25) is 19.8 Å². The lowest BCUT2D eigenvalue weighted by Crippen LogP contribution is -2.39. The van der Waals surface area contributed by atoms with E-state index in [1.165, 1.54) is 5.56 Å². The molecule has 0 spiro atoms. The number of hydrogen-bond donors (Lipinski definition) is 5. The molecule has 3 atom stereocenters. The van der Waals surface area contributed by atoms with Crippen LogP contribution in [0.2, 0.25) is 0 Å². The van der Waals surface area contributed by atoms with Crippen molar-refractivity contribution >= 4 is 29.3 Å². The highest BCUT2D eigenvalue weighted by Crippen LogP contribution is 2.30. The number of carbonyl (C=O) groups excluding carboxylic acids is 2. The third kappa shape index (κ3) is 6.90. The number of aliphatic carboxylic acids is 1. The molecule has 1 saturated heterocycles. The van der Waals surface area contributed by atoms with Crippen molar-refractivity contribution in [2.75, 3.05) is 25.0 Å². The molecule has 6 N–H and O–H groups in total. The van der Waals surface area contributed by atoms with Crippen molar-refractivity contribution in [3.8, 4) is 0 Å². The lowest BCUT2D eigenvalue weighted by atomic mass is 9.98. The molecule has 1 unspecified atom stereocenters. The molecule has 0 saturated carbocycles. The second-order valence-corrected chi connectivity index (χ2v) is 10.3. The van der Waals surface area contributed by atoms with E-state index in [1.54, 1.807) is 6.07 Å². The molecule has 2 aromatic carbocycles. The molecule has 9 nitrogen and oxygen atoms in total. The average molecular weight is 520 g/mol. The number of fused-ring (bicyclic) bond motifs is 1. The molecule has 9 heteroatoms. The van der Waals surface area contributed by atoms with Crippen LogP contribution in [0.15, 0.2) is 48.5 Å². The average Bonchev–Trinajstić information content (AvgIpc) is 3.05. The van der Waals surface area contributed by atoms with Gasteiger partial charge in [0.2, 0.25) is 11.8 Å². The van der Waals surface area contributed by atoms with Gasteiger partial charge in [0.05, 0.1) is 18.3 Å². The predicted octanol–water partition coefficient (Wildman–Crippen LogP) is 2.78. The van der Waals surface area contributed by atoms with Crippen molar-refractivity contribution in [2.24, 2.45) is 17.6 Å². The molecule has 2 aliphatic rings. The van der Waals surface area contributed by atoms with Crippen molar-refractivity contribution in [3.63, 3.8) is 0 Å². The Kier molecular flexibility index (Phi) is 8.99. The number of aryl methyl sites for hydroxylation is 2. The molecule has 4 rings (SSSR count). The number of benzene rings is 2. The van der Waals surface area contributed by atoms with Gasteiger partial charge >= 0.3 is 5.97 Å². The van der Waals surface area contributed by atoms with Crippen LogP contribution in [0.1, 0.15) is 48.8 Å². The van der Waals surface area contributed by atoms with Gasteiger partial charge in [0, 0.05) is 36.9 Å². The topological polar surface area (TPSA) is 149 Å². The number of nitrogens with two attached hydrogens (primary N) is 1. The zero-order valence-electron chi connectivity index (χ0n) is 21.6. The predicted molar refractivity (Wildman–Crippen MR) is 146 cm³/mol. The Morgan fingerprint density at radius 2 is 1.97 bits per heavy atom. The van der Waals surface area contributed by atoms with E-state index in [2.05, 4.69) is 22.8 Å². The molecule has 1 fully saturated rings. The molecule has 2 amide bonds. The number of amides is 2. The molecule has 2 aromatic rings. The summed E-state index contributed by atoms with van der Waals surface area (Å²) in [5, 5.41) is 23.3. The van der Waals surface area contributed by atoms with E-state index in [0.717, 1.165) is 24.1 Å². The lowest BCUT2D eigenvalue weighted by Gasteiger charge is -2.25. The minimum atomic E-state index is -0.959. The number of hydrogen-bond acceptors (Lipinski definition) is 5. The Morgan fingerprint density at radius 3 is 2.71 bits per heavy atom. The minimum Gasteiger partial charge on any atom is -0.481 e. The van der Waals surface area contributed by atoms with Crippen molar-refractivity contribution in [1.82, 2.24) is 10.2 Å². The Bertz CT molecular complexity index is 1170. The monoisotopic (exact) mass is 519 g/mol. The number of carbonyl (C=O) groups is 3. The summed E-state index contributed by atoms with van der Waals surface area (Å²) in [5.41, 5.74) is 9.51. The second kappa shape index (κ2) is 12.6. The Balaban J connectivity index is 1.29. The minimum absolute atomic E-state index is 0.0245. The van der Waals surface area contributed by atoms with E-state index in [-0.39, 0.29) is 36.0 Å². The third-order valence-corrected chi connectivity index (χ3v) is 7.62. The largest absolute Gasteiger partial charge is 0.481 e. The third-order valence-electron chi connectivity index (χ3n) is 7.62. The summed E-state index contributed by atoms with van der Waals surface area (Å²) in [6.45, 7) is 1.53. The van der Waals surface area contributed by atoms with Crippen LogP contribution < -0.4 is 16.4 Å². The van der Waals surface area contributed by atoms with Crippen LogP contribution in [-0.4, -0.2) is 59.3 Å². The van der Waals surface area contributed by atoms with Crippen molar-refractivity contribution in [1.29, 1.82) is 5.41 Å². The molecular formula is C29H37N5O4. The maximum absolute atomic E-state index is 13.0. The smallest absolute Gasteiger partial charge is 0.304 e. The van der Waals surface area contributed by atoms with Gasteiger partial charge in [0.25, 0.3) is 0 Å². The van der Waals surface area contributed by atoms with Crippen LogP contribution in [-0.2, 0) is 27.2 Å². The van der Waals surface area contributed by atoms with Gasteiger partial charge in [-0.25, -0.2) is 0 Å². The first kappa shape index (κ1) is 27.2. The molecule has 0 aromatic heterocycles. The van der Waals surface area contributed by atoms with E-state index in [0.29, 0.717) is 50.9 Å². The summed E-state index contributed by atoms with van der Waals surface area (Å²) < 4.78 is 0. The first-order chi connectivity index (χ1) is 18.3. The molecule has 0 aliphatic carbocycles. The summed E-state index contributed by atoms with van der Waals surface area (Å²) in [7, 11) is 0. The lowest BCUT2D eigenvalue weighted by molar-refractivity contribution is -0.142. The summed E-state index contributed by atoms with van der Waals surface area (Å²) in [4.78, 5) is 39.1. The van der Waals surface area contributed by atoms with Gasteiger partial charge in [-0.05, 0) is 67.9 Å². The Morgan fingerprint density at radius 1 is 1.18 bits per heavy atom. The second-order valence-electron chi connectivity index (χ2n) is 10.3. The molecular weight excluding hydrogens is 482 g/mol. The summed E-state index contributed by atoms with van der Waals surface area (Å²) in [6.07, 6.45) is 4.00. The zero-order chi connectivity index (χ0) is 27.1. The van der Waals surface area contributed by atoms with Crippen molar-refractivity contribution in [2.45, 2.75) is 51.0 Å². The van der Waals surface area contributed by atoms with Crippen LogP contribution in [0.25, 0.3) is 0 Å². The molecule has 0 radical (unpaired) electrons. The van der Waals surface area contributed by atoms with Gasteiger partial charge in [-0.15, -0.1) is 0 Å². The van der Waals surface area contributed by atoms with E-state index >= 15 is 0 Å². The van der Waals surface area contributed by atoms with Crippen molar-refractivity contribution in [3.05, 3.63) is 65.2 Å². The number of rotatable bonds is 11. The zero-order valence-corrected chi connectivity index (χ0v) is 21.6. The van der Waals surface area contributed by atoms with Crippen LogP contribution in [0.5, 0.6) is 0 Å². The van der Waals surface area contributed by atoms with E-state index in [1.807, 2.05) is 35.2 Å². The maximum Gasteiger partial charge on any atom is 0.304 e. The molecule has 38 heavy (non-hydrogen) atoms. The van der Waals surface area contributed by atoms with Gasteiger partial charge in [0.15, 0.2) is 0 Å². The summed E-state index contributed by atoms with van der Waals surface area (Å²) in [6, 6.07) is 15.6. The van der Waals surface area contributed by atoms with Crippen LogP contribution >= 0.6 is 0 Å². The highest BCUT2D eigenvalue weighted by atomic mass is 16.4. The van der Waals surface area contributed by atoms with Gasteiger partial charge in [-0.1, -0.05) is 30.3 Å². The number of anilines is 1. The fraction of sp³-hybridized carbons (Fsp3) is 0.448. The highest BCUT2D eigenvalue weighted by Gasteiger charge is 2.39. The SMILES string of the molecule is N=C(N)c1ccc2c(c1)CCC(C(=O)NCC[C@@H]1C[C@@H](CC(=O)O)C(=O)N1CCCc1ccccc1)CN2. The Labute approximate surface area is 223 Å². The summed E-state index contributed by atoms with van der Waals surface area (Å²) in [5.74, 6) is -1.76. The van der Waals surface area contributed by atoms with Gasteiger partial charge < -0.3 is 26.4 Å². The first-order valence-corrected chi connectivity index (χ1v) is 13.4. The number of nitrogens with one attached hydrogen (secondary N) is 3. The fourth-order valence-electron chi connectivity index (χ4n) is 5.55. The van der Waals surface area contributed by atoms with E-state index < -0.39 is 11.9 Å². The molecule has 202 valence electrons. The number of carboxylic acid groups (broad SMARTS) is 1. The van der Waals surface area contributed by atoms with Gasteiger partial charge in [-0.2, -0.15) is 0 Å². The van der Waals surface area contributed by atoms with Crippen LogP contribution in [0.3, 0.4) is 0 Å². The number of carboxylic acids is 1. The molecule has 2 aliphatic heterocycles.